The fourth-order valence-electron chi connectivity index (χ4n) is 1.72. The van der Waals surface area contributed by atoms with Crippen molar-refractivity contribution in [1.82, 2.24) is 20.1 Å². The highest BCUT2D eigenvalue weighted by Gasteiger charge is 2.42. The number of hydrogen-bond acceptors (Lipinski definition) is 4. The van der Waals surface area contributed by atoms with Crippen LogP contribution in [-0.2, 0) is 0 Å². The summed E-state index contributed by atoms with van der Waals surface area (Å²) in [5.74, 6) is 0.571. The van der Waals surface area contributed by atoms with Crippen molar-refractivity contribution >= 4 is 5.78 Å². The number of nitrogens with one attached hydrogen (secondary N) is 1. The molecule has 5 heteroatoms. The summed E-state index contributed by atoms with van der Waals surface area (Å²) in [6.45, 7) is 7.42. The molecule has 1 aromatic rings. The second-order valence-corrected chi connectivity index (χ2v) is 4.62. The van der Waals surface area contributed by atoms with E-state index in [-0.39, 0.29) is 17.2 Å². The van der Waals surface area contributed by atoms with Gasteiger partial charge in [0.05, 0.1) is 5.41 Å². The van der Waals surface area contributed by atoms with Crippen molar-refractivity contribution in [1.29, 1.82) is 0 Å². The lowest BCUT2D eigenvalue weighted by Gasteiger charge is -2.37. The minimum atomic E-state index is -0.292. The summed E-state index contributed by atoms with van der Waals surface area (Å²) in [4.78, 5) is 16.2. The summed E-state index contributed by atoms with van der Waals surface area (Å²) in [6.07, 6.45) is 1.45. The second-order valence-electron chi connectivity index (χ2n) is 4.62. The monoisotopic (exact) mass is 208 g/mol. The van der Waals surface area contributed by atoms with Crippen molar-refractivity contribution in [2.75, 3.05) is 13.1 Å². The molecule has 0 spiro atoms. The van der Waals surface area contributed by atoms with Crippen molar-refractivity contribution in [3.05, 3.63) is 12.2 Å². The lowest BCUT2D eigenvalue weighted by Crippen LogP contribution is -2.56. The Morgan fingerprint density at radius 2 is 2.27 bits per heavy atom. The first kappa shape index (κ1) is 10.3. The molecule has 1 aromatic heterocycles. The molecule has 15 heavy (non-hydrogen) atoms. The predicted molar refractivity (Wildman–Crippen MR) is 55.7 cm³/mol. The molecule has 1 saturated heterocycles. The van der Waals surface area contributed by atoms with Gasteiger partial charge in [-0.3, -0.25) is 4.79 Å². The van der Waals surface area contributed by atoms with E-state index in [4.69, 9.17) is 0 Å². The molecular formula is C10H16N4O. The fraction of sp³-hybridized carbons (Fsp3) is 0.700. The number of nitrogens with zero attached hydrogens (tertiary/aromatic N) is 3. The maximum absolute atomic E-state index is 12.2. The van der Waals surface area contributed by atoms with Crippen LogP contribution in [0.3, 0.4) is 0 Å². The average Bonchev–Trinajstić information content (AvgIpc) is 2.61. The number of aromatic nitrogens is 3. The number of carbonyl (C=O) groups excluding carboxylic acids is 1. The Bertz CT molecular complexity index is 379. The summed E-state index contributed by atoms with van der Waals surface area (Å²) in [5, 5.41) is 7.19. The van der Waals surface area contributed by atoms with Gasteiger partial charge in [-0.15, -0.1) is 0 Å². The van der Waals surface area contributed by atoms with E-state index >= 15 is 0 Å². The van der Waals surface area contributed by atoms with Gasteiger partial charge in [0.2, 0.25) is 5.78 Å². The van der Waals surface area contributed by atoms with Crippen LogP contribution in [0.1, 0.15) is 37.4 Å². The molecule has 2 heterocycles. The topological polar surface area (TPSA) is 59.8 Å². The van der Waals surface area contributed by atoms with Crippen LogP contribution in [0.25, 0.3) is 0 Å². The number of rotatable bonds is 3. The van der Waals surface area contributed by atoms with Crippen LogP contribution in [0.4, 0.5) is 0 Å². The number of hydrogen-bond donors (Lipinski definition) is 1. The third-order valence-electron chi connectivity index (χ3n) is 2.84. The SMILES string of the molecule is CC(C)n1ncnc1C(=O)C1(C)CNC1. The van der Waals surface area contributed by atoms with Crippen molar-refractivity contribution in [3.63, 3.8) is 0 Å². The molecule has 0 aromatic carbocycles. The molecule has 0 amide bonds. The van der Waals surface area contributed by atoms with Gasteiger partial charge < -0.3 is 5.32 Å². The fourth-order valence-corrected chi connectivity index (χ4v) is 1.72. The van der Waals surface area contributed by atoms with Gasteiger partial charge in [0, 0.05) is 19.1 Å². The highest BCUT2D eigenvalue weighted by molar-refractivity contribution is 5.98. The second kappa shape index (κ2) is 3.41. The van der Waals surface area contributed by atoms with Gasteiger partial charge in [-0.1, -0.05) is 0 Å². The number of carbonyl (C=O) groups is 1. The normalized spacial score (nSPS) is 18.9. The first-order valence-electron chi connectivity index (χ1n) is 5.19. The highest BCUT2D eigenvalue weighted by Crippen LogP contribution is 2.26. The maximum atomic E-state index is 12.2. The van der Waals surface area contributed by atoms with Gasteiger partial charge in [-0.05, 0) is 20.8 Å². The molecule has 5 nitrogen and oxygen atoms in total. The third-order valence-corrected chi connectivity index (χ3v) is 2.84. The molecule has 82 valence electrons. The summed E-state index contributed by atoms with van der Waals surface area (Å²) in [6, 6.07) is 0.170. The van der Waals surface area contributed by atoms with Crippen molar-refractivity contribution in [2.24, 2.45) is 5.41 Å². The standard InChI is InChI=1S/C10H16N4O/c1-7(2)14-9(12-6-13-14)8(15)10(3)4-11-5-10/h6-7,11H,4-5H2,1-3H3. The first-order chi connectivity index (χ1) is 7.04. The van der Waals surface area contributed by atoms with Crippen LogP contribution in [0.2, 0.25) is 0 Å². The van der Waals surface area contributed by atoms with Crippen LogP contribution in [-0.4, -0.2) is 33.6 Å². The van der Waals surface area contributed by atoms with E-state index < -0.39 is 0 Å². The van der Waals surface area contributed by atoms with Crippen molar-refractivity contribution in [2.45, 2.75) is 26.8 Å². The zero-order valence-corrected chi connectivity index (χ0v) is 9.32. The molecule has 0 bridgehead atoms. The van der Waals surface area contributed by atoms with Gasteiger partial charge in [0.25, 0.3) is 0 Å². The Morgan fingerprint density at radius 1 is 1.60 bits per heavy atom. The van der Waals surface area contributed by atoms with Crippen LogP contribution in [0, 0.1) is 5.41 Å². The lowest BCUT2D eigenvalue weighted by molar-refractivity contribution is 0.0701. The van der Waals surface area contributed by atoms with Crippen LogP contribution in [0.5, 0.6) is 0 Å². The van der Waals surface area contributed by atoms with E-state index in [0.29, 0.717) is 5.82 Å². The number of ketones is 1. The van der Waals surface area contributed by atoms with E-state index in [2.05, 4.69) is 15.4 Å². The van der Waals surface area contributed by atoms with E-state index in [0.717, 1.165) is 13.1 Å². The van der Waals surface area contributed by atoms with Crippen molar-refractivity contribution < 1.29 is 4.79 Å². The largest absolute Gasteiger partial charge is 0.315 e. The molecule has 1 aliphatic rings. The van der Waals surface area contributed by atoms with E-state index in [1.807, 2.05) is 20.8 Å². The number of Topliss-reactive ketones (excluding diaryl/α,β-unsaturated/α-hetero) is 1. The van der Waals surface area contributed by atoms with E-state index in [9.17, 15) is 4.79 Å². The summed E-state index contributed by atoms with van der Waals surface area (Å²) >= 11 is 0. The van der Waals surface area contributed by atoms with Gasteiger partial charge in [-0.2, -0.15) is 5.10 Å². The quantitative estimate of drug-likeness (QED) is 0.741. The predicted octanol–water partition coefficient (Wildman–Crippen LogP) is 0.651. The zero-order valence-electron chi connectivity index (χ0n) is 9.32. The molecule has 0 aliphatic carbocycles. The molecular weight excluding hydrogens is 192 g/mol. The van der Waals surface area contributed by atoms with E-state index in [1.54, 1.807) is 4.68 Å². The Balaban J connectivity index is 2.29. The summed E-state index contributed by atoms with van der Waals surface area (Å²) in [7, 11) is 0. The zero-order chi connectivity index (χ0) is 11.1. The minimum absolute atomic E-state index is 0.0902. The molecule has 0 atom stereocenters. The molecule has 1 N–H and O–H groups in total. The Labute approximate surface area is 88.9 Å². The molecule has 2 rings (SSSR count). The third kappa shape index (κ3) is 1.56. The highest BCUT2D eigenvalue weighted by atomic mass is 16.1. The van der Waals surface area contributed by atoms with Gasteiger partial charge in [0.15, 0.2) is 5.82 Å². The molecule has 1 fully saturated rings. The Morgan fingerprint density at radius 3 is 2.73 bits per heavy atom. The molecule has 0 unspecified atom stereocenters. The van der Waals surface area contributed by atoms with Gasteiger partial charge in [0.1, 0.15) is 6.33 Å². The molecule has 0 radical (unpaired) electrons. The Hall–Kier alpha value is -1.23. The van der Waals surface area contributed by atoms with Crippen LogP contribution in [0.15, 0.2) is 6.33 Å². The summed E-state index contributed by atoms with van der Waals surface area (Å²) in [5.41, 5.74) is -0.292. The molecule has 1 aliphatic heterocycles. The smallest absolute Gasteiger partial charge is 0.208 e. The van der Waals surface area contributed by atoms with E-state index in [1.165, 1.54) is 6.33 Å². The minimum Gasteiger partial charge on any atom is -0.315 e. The van der Waals surface area contributed by atoms with Gasteiger partial charge >= 0.3 is 0 Å². The van der Waals surface area contributed by atoms with Crippen molar-refractivity contribution in [3.8, 4) is 0 Å². The lowest BCUT2D eigenvalue weighted by atomic mass is 9.79. The van der Waals surface area contributed by atoms with Crippen LogP contribution < -0.4 is 5.32 Å². The first-order valence-corrected chi connectivity index (χ1v) is 5.19. The van der Waals surface area contributed by atoms with Gasteiger partial charge in [-0.25, -0.2) is 9.67 Å². The van der Waals surface area contributed by atoms with Crippen LogP contribution >= 0.6 is 0 Å². The molecule has 0 saturated carbocycles. The average molecular weight is 208 g/mol. The summed E-state index contributed by atoms with van der Waals surface area (Å²) < 4.78 is 1.69. The maximum Gasteiger partial charge on any atom is 0.208 e. The Kier molecular flexibility index (Phi) is 2.34.